The van der Waals surface area contributed by atoms with E-state index in [1.165, 1.54) is 0 Å². The average molecular weight is 620 g/mol. The Kier molecular flexibility index (Phi) is 8.04. The number of aromatic nitrogens is 1. The van der Waals surface area contributed by atoms with Crippen LogP contribution in [-0.2, 0) is 14.3 Å². The van der Waals surface area contributed by atoms with Crippen LogP contribution in [0.5, 0.6) is 0 Å². The summed E-state index contributed by atoms with van der Waals surface area (Å²) in [6.07, 6.45) is 6.08. The van der Waals surface area contributed by atoms with E-state index in [1.54, 1.807) is 24.3 Å². The Labute approximate surface area is 261 Å². The first-order chi connectivity index (χ1) is 21.4. The zero-order valence-corrected chi connectivity index (χ0v) is 25.8. The maximum atomic E-state index is 15.0. The van der Waals surface area contributed by atoms with Crippen LogP contribution in [-0.4, -0.2) is 96.9 Å². The van der Waals surface area contributed by atoms with Gasteiger partial charge in [-0.3, -0.25) is 19.3 Å². The fourth-order valence-corrected chi connectivity index (χ4v) is 8.09. The van der Waals surface area contributed by atoms with E-state index < -0.39 is 23.7 Å². The Hall–Kier alpha value is -3.17. The van der Waals surface area contributed by atoms with E-state index in [9.17, 15) is 14.4 Å². The molecule has 1 aromatic carbocycles. The summed E-state index contributed by atoms with van der Waals surface area (Å²) < 4.78 is 20.9. The lowest BCUT2D eigenvalue weighted by atomic mass is 9.88. The standard InChI is InChI=1S/C33H38FN5O4S/c1-37-14-16-38(17-15-37)32-35-27(30(34)44-32)22-10-12-23(13-11-22)31(42)36-33(20-40,25-4-2-3-5-25)39-18-24(9-8-21-6-7-21)29-28(39)26(41)19-43-29/h10-13,20-21,24-25,28-29H,2-7,14-19H2,1H3,(H,36,42). The van der Waals surface area contributed by atoms with Gasteiger partial charge in [-0.1, -0.05) is 48.2 Å². The molecule has 5 aliphatic rings. The van der Waals surface area contributed by atoms with Crippen molar-refractivity contribution in [1.29, 1.82) is 0 Å². The van der Waals surface area contributed by atoms with Gasteiger partial charge in [-0.15, -0.1) is 0 Å². The van der Waals surface area contributed by atoms with E-state index in [0.717, 1.165) is 82.3 Å². The lowest BCUT2D eigenvalue weighted by Crippen LogP contribution is -2.68. The van der Waals surface area contributed by atoms with Crippen LogP contribution in [0.4, 0.5) is 9.52 Å². The highest BCUT2D eigenvalue weighted by Crippen LogP contribution is 2.43. The number of likely N-dealkylation sites (N-methyl/N-ethyl adjacent to an activating group) is 1. The molecule has 4 atom stereocenters. The normalized spacial score (nSPS) is 27.5. The maximum absolute atomic E-state index is 15.0. The highest BCUT2D eigenvalue weighted by Gasteiger charge is 2.59. The second kappa shape index (κ2) is 12.0. The third-order valence-corrected chi connectivity index (χ3v) is 10.9. The number of nitrogens with zero attached hydrogens (tertiary/aromatic N) is 4. The number of carbonyl (C=O) groups is 3. The number of Topliss-reactive ketones (excluding diaryl/α,β-unsaturated/α-hetero) is 1. The molecule has 9 nitrogen and oxygen atoms in total. The third-order valence-electron chi connectivity index (χ3n) is 9.95. The molecule has 11 heteroatoms. The van der Waals surface area contributed by atoms with Crippen LogP contribution in [0, 0.1) is 34.7 Å². The number of fused-ring (bicyclic) bond motifs is 1. The van der Waals surface area contributed by atoms with Gasteiger partial charge in [-0.25, -0.2) is 4.98 Å². The number of piperazine rings is 1. The van der Waals surface area contributed by atoms with Crippen molar-refractivity contribution < 1.29 is 23.5 Å². The number of halogens is 1. The van der Waals surface area contributed by atoms with E-state index in [0.29, 0.717) is 28.7 Å². The number of amides is 1. The average Bonchev–Trinajstić information content (AvgIpc) is 3.38. The molecule has 44 heavy (non-hydrogen) atoms. The summed E-state index contributed by atoms with van der Waals surface area (Å²) in [7, 11) is 2.07. The van der Waals surface area contributed by atoms with Gasteiger partial charge in [0, 0.05) is 55.7 Å². The first-order valence-electron chi connectivity index (χ1n) is 15.8. The van der Waals surface area contributed by atoms with Crippen LogP contribution in [0.2, 0.25) is 0 Å². The molecule has 1 amide bonds. The van der Waals surface area contributed by atoms with Gasteiger partial charge in [-0.2, -0.15) is 4.39 Å². The number of carbonyl (C=O) groups excluding carboxylic acids is 3. The summed E-state index contributed by atoms with van der Waals surface area (Å²) in [5.74, 6) is 6.25. The second-order valence-electron chi connectivity index (χ2n) is 12.9. The summed E-state index contributed by atoms with van der Waals surface area (Å²) >= 11 is 1.04. The zero-order valence-electron chi connectivity index (χ0n) is 25.0. The van der Waals surface area contributed by atoms with Crippen LogP contribution in [0.25, 0.3) is 11.3 Å². The van der Waals surface area contributed by atoms with Crippen molar-refractivity contribution in [3.8, 4) is 23.1 Å². The molecule has 1 aromatic heterocycles. The van der Waals surface area contributed by atoms with Gasteiger partial charge in [0.05, 0.1) is 12.0 Å². The Morgan fingerprint density at radius 1 is 1.11 bits per heavy atom. The van der Waals surface area contributed by atoms with Crippen molar-refractivity contribution in [1.82, 2.24) is 20.1 Å². The van der Waals surface area contributed by atoms with Gasteiger partial charge in [0.25, 0.3) is 5.91 Å². The minimum absolute atomic E-state index is 0.00778. The molecule has 0 spiro atoms. The van der Waals surface area contributed by atoms with Crippen molar-refractivity contribution in [3.05, 3.63) is 35.0 Å². The van der Waals surface area contributed by atoms with Crippen LogP contribution >= 0.6 is 11.3 Å². The molecule has 2 aromatic rings. The number of anilines is 1. The SMILES string of the molecule is CN1CCN(c2nc(-c3ccc(C(=O)NC(C=O)(C4CCCC4)N4CC(C#CC5CC5)C5OCC(=O)C54)cc3)c(F)s2)CC1. The number of rotatable bonds is 7. The predicted octanol–water partition coefficient (Wildman–Crippen LogP) is 3.20. The maximum Gasteiger partial charge on any atom is 0.253 e. The van der Waals surface area contributed by atoms with E-state index in [4.69, 9.17) is 4.74 Å². The Bertz CT molecular complexity index is 1490. The monoisotopic (exact) mass is 619 g/mol. The summed E-state index contributed by atoms with van der Waals surface area (Å²) in [6.45, 7) is 3.77. The first-order valence-corrected chi connectivity index (χ1v) is 16.6. The summed E-state index contributed by atoms with van der Waals surface area (Å²) in [6, 6.07) is 6.06. The smallest absolute Gasteiger partial charge is 0.253 e. The van der Waals surface area contributed by atoms with Crippen molar-refractivity contribution in [2.45, 2.75) is 56.3 Å². The molecule has 3 saturated heterocycles. The number of hydrogen-bond acceptors (Lipinski definition) is 9. The molecule has 2 saturated carbocycles. The fourth-order valence-electron chi connectivity index (χ4n) is 7.22. The second-order valence-corrected chi connectivity index (χ2v) is 13.8. The van der Waals surface area contributed by atoms with E-state index >= 15 is 4.39 Å². The lowest BCUT2D eigenvalue weighted by Gasteiger charge is -2.44. The zero-order chi connectivity index (χ0) is 30.4. The molecule has 0 radical (unpaired) electrons. The Morgan fingerprint density at radius 3 is 2.52 bits per heavy atom. The van der Waals surface area contributed by atoms with Crippen molar-refractivity contribution in [2.75, 3.05) is 51.3 Å². The molecule has 5 fully saturated rings. The summed E-state index contributed by atoms with van der Waals surface area (Å²) in [5.41, 5.74) is -0.151. The minimum atomic E-state index is -1.35. The molecular formula is C33H38FN5O4S. The molecule has 3 aliphatic heterocycles. The topological polar surface area (TPSA) is 95.1 Å². The van der Waals surface area contributed by atoms with Gasteiger partial charge in [-0.05, 0) is 44.9 Å². The molecule has 7 rings (SSSR count). The molecular weight excluding hydrogens is 581 g/mol. The Balaban J connectivity index is 1.13. The van der Waals surface area contributed by atoms with Gasteiger partial charge in [0.2, 0.25) is 5.13 Å². The largest absolute Gasteiger partial charge is 0.367 e. The molecule has 2 aliphatic carbocycles. The third kappa shape index (κ3) is 5.47. The highest BCUT2D eigenvalue weighted by molar-refractivity contribution is 7.14. The van der Waals surface area contributed by atoms with Crippen LogP contribution < -0.4 is 10.2 Å². The van der Waals surface area contributed by atoms with E-state index in [-0.39, 0.29) is 35.1 Å². The predicted molar refractivity (Wildman–Crippen MR) is 165 cm³/mol. The lowest BCUT2D eigenvalue weighted by molar-refractivity contribution is -0.131. The number of benzene rings is 1. The number of likely N-dealkylation sites (tertiary alicyclic amines) is 1. The van der Waals surface area contributed by atoms with Crippen molar-refractivity contribution >= 4 is 34.4 Å². The fraction of sp³-hybridized carbons (Fsp3) is 0.576. The van der Waals surface area contributed by atoms with Gasteiger partial charge in [0.15, 0.2) is 22.9 Å². The molecule has 0 bridgehead atoms. The van der Waals surface area contributed by atoms with Gasteiger partial charge < -0.3 is 19.9 Å². The number of nitrogens with one attached hydrogen (secondary N) is 1. The van der Waals surface area contributed by atoms with Crippen molar-refractivity contribution in [3.63, 3.8) is 0 Å². The van der Waals surface area contributed by atoms with E-state index in [2.05, 4.69) is 39.0 Å². The van der Waals surface area contributed by atoms with Gasteiger partial charge in [0.1, 0.15) is 18.3 Å². The molecule has 232 valence electrons. The number of aldehydes is 1. The summed E-state index contributed by atoms with van der Waals surface area (Å²) in [5, 5.41) is 3.40. The first kappa shape index (κ1) is 29.5. The number of ether oxygens (including phenoxy) is 1. The summed E-state index contributed by atoms with van der Waals surface area (Å²) in [4.78, 5) is 51.0. The van der Waals surface area contributed by atoms with Crippen LogP contribution in [0.3, 0.4) is 0 Å². The van der Waals surface area contributed by atoms with E-state index in [1.807, 2.05) is 4.90 Å². The molecule has 4 heterocycles. The number of ketones is 1. The van der Waals surface area contributed by atoms with Crippen LogP contribution in [0.15, 0.2) is 24.3 Å². The number of hydrogen-bond donors (Lipinski definition) is 1. The minimum Gasteiger partial charge on any atom is -0.367 e. The quantitative estimate of drug-likeness (QED) is 0.373. The molecule has 4 unspecified atom stereocenters. The molecule has 1 N–H and O–H groups in total. The van der Waals surface area contributed by atoms with Crippen molar-refractivity contribution in [2.24, 2.45) is 17.8 Å². The number of thiazole rings is 1. The Morgan fingerprint density at radius 2 is 1.84 bits per heavy atom. The van der Waals surface area contributed by atoms with Crippen LogP contribution in [0.1, 0.15) is 48.9 Å². The van der Waals surface area contributed by atoms with Gasteiger partial charge >= 0.3 is 0 Å². The highest BCUT2D eigenvalue weighted by atomic mass is 32.1.